The number of halogens is 1. The average molecular weight is 782 g/mol. The predicted octanol–water partition coefficient (Wildman–Crippen LogP) is 7.63. The van der Waals surface area contributed by atoms with Crippen LogP contribution < -0.4 is 9.47 Å². The molecule has 2 aliphatic rings. The summed E-state index contributed by atoms with van der Waals surface area (Å²) >= 11 is 3.44. The first-order chi connectivity index (χ1) is 25.6. The summed E-state index contributed by atoms with van der Waals surface area (Å²) in [6, 6.07) is 9.77. The molecule has 0 saturated carbocycles. The average Bonchev–Trinajstić information content (AvgIpc) is 3.78. The fourth-order valence-corrected chi connectivity index (χ4v) is 7.53. The highest BCUT2D eigenvalue weighted by Crippen LogP contribution is 2.26. The van der Waals surface area contributed by atoms with Gasteiger partial charge < -0.3 is 9.47 Å². The van der Waals surface area contributed by atoms with E-state index in [1.807, 2.05) is 55.1 Å². The Morgan fingerprint density at radius 1 is 0.585 bits per heavy atom. The molecule has 2 saturated heterocycles. The summed E-state index contributed by atoms with van der Waals surface area (Å²) in [6.07, 6.45) is 22.4. The summed E-state index contributed by atoms with van der Waals surface area (Å²) in [4.78, 5) is 22.9. The van der Waals surface area contributed by atoms with Crippen LogP contribution in [0.1, 0.15) is 66.2 Å². The van der Waals surface area contributed by atoms with Crippen molar-refractivity contribution in [1.29, 1.82) is 0 Å². The zero-order valence-electron chi connectivity index (χ0n) is 31.2. The van der Waals surface area contributed by atoms with Crippen LogP contribution in [0.4, 0.5) is 0 Å². The highest BCUT2D eigenvalue weighted by atomic mass is 79.9. The lowest BCUT2D eigenvalue weighted by Crippen LogP contribution is -2.44. The molecule has 13 heteroatoms. The van der Waals surface area contributed by atoms with Crippen LogP contribution in [0, 0.1) is 0 Å². The summed E-state index contributed by atoms with van der Waals surface area (Å²) in [5.41, 5.74) is 4.68. The molecule has 6 aromatic heterocycles. The molecule has 8 heterocycles. The van der Waals surface area contributed by atoms with Gasteiger partial charge in [0.2, 0.25) is 0 Å². The second-order valence-corrected chi connectivity index (χ2v) is 16.1. The molecule has 2 aliphatic heterocycles. The molecule has 0 N–H and O–H groups in total. The van der Waals surface area contributed by atoms with Gasteiger partial charge in [-0.3, -0.25) is 19.8 Å². The van der Waals surface area contributed by atoms with Crippen molar-refractivity contribution in [2.75, 3.05) is 39.3 Å². The van der Waals surface area contributed by atoms with E-state index in [0.29, 0.717) is 0 Å². The smallest absolute Gasteiger partial charge is 0.169 e. The van der Waals surface area contributed by atoms with Crippen molar-refractivity contribution in [2.24, 2.45) is 0 Å². The van der Waals surface area contributed by atoms with Crippen molar-refractivity contribution in [2.45, 2.75) is 77.4 Å². The van der Waals surface area contributed by atoms with Crippen molar-refractivity contribution in [3.63, 3.8) is 0 Å². The molecule has 0 radical (unpaired) electrons. The third-order valence-electron chi connectivity index (χ3n) is 9.52. The quantitative estimate of drug-likeness (QED) is 0.138. The molecule has 0 unspecified atom stereocenters. The predicted molar refractivity (Wildman–Crippen MR) is 210 cm³/mol. The van der Waals surface area contributed by atoms with Crippen LogP contribution in [-0.4, -0.2) is 99.4 Å². The van der Waals surface area contributed by atoms with Crippen molar-refractivity contribution in [1.82, 2.24) is 49.0 Å². The Morgan fingerprint density at radius 3 is 1.64 bits per heavy atom. The van der Waals surface area contributed by atoms with Gasteiger partial charge in [-0.2, -0.15) is 10.2 Å². The van der Waals surface area contributed by atoms with Gasteiger partial charge in [-0.25, -0.2) is 19.0 Å². The Kier molecular flexibility index (Phi) is 11.3. The van der Waals surface area contributed by atoms with Crippen molar-refractivity contribution >= 4 is 27.2 Å². The van der Waals surface area contributed by atoms with Crippen LogP contribution >= 0.6 is 15.9 Å². The molecule has 8 rings (SSSR count). The van der Waals surface area contributed by atoms with E-state index in [-0.39, 0.29) is 11.2 Å². The lowest BCUT2D eigenvalue weighted by atomic mass is 10.1. The third kappa shape index (κ3) is 9.75. The van der Waals surface area contributed by atoms with Crippen LogP contribution in [0.5, 0.6) is 11.5 Å². The molecule has 6 aromatic rings. The monoisotopic (exact) mass is 780 g/mol. The van der Waals surface area contributed by atoms with E-state index in [9.17, 15) is 0 Å². The molecule has 0 bridgehead atoms. The van der Waals surface area contributed by atoms with Gasteiger partial charge in [0.1, 0.15) is 22.7 Å². The molecule has 0 aromatic carbocycles. The Balaban J connectivity index is 0.000000164. The van der Waals surface area contributed by atoms with E-state index in [0.717, 1.165) is 62.9 Å². The summed E-state index contributed by atoms with van der Waals surface area (Å²) in [6.45, 7) is 15.1. The standard InChI is InChI=1S/C20H24BrN5O.C20H25N5O/c1-20(2,14-25-8-4-3-5-9-25)27-16-6-7-18(22-11-16)15-10-23-19-17(21)12-24-26(19)13-15;1-20(2,15-24-10-4-3-5-11-24)26-17-6-7-18(21-13-17)16-12-22-19-8-9-23-25(19)14-16/h6-7,10-13H,3-5,8-9,14H2,1-2H3;6-9,12-14H,3-5,10-11,15H2,1-2H3. The fraction of sp³-hybridized carbons (Fsp3) is 0.450. The van der Waals surface area contributed by atoms with Crippen molar-refractivity contribution < 1.29 is 9.47 Å². The van der Waals surface area contributed by atoms with Gasteiger partial charge in [-0.15, -0.1) is 0 Å². The first kappa shape index (κ1) is 36.9. The zero-order chi connectivity index (χ0) is 36.8. The Morgan fingerprint density at radius 2 is 1.11 bits per heavy atom. The summed E-state index contributed by atoms with van der Waals surface area (Å²) in [5, 5.41) is 8.50. The number of pyridine rings is 2. The topological polar surface area (TPSA) is 111 Å². The minimum Gasteiger partial charge on any atom is -0.485 e. The van der Waals surface area contributed by atoms with E-state index in [1.165, 1.54) is 64.7 Å². The lowest BCUT2D eigenvalue weighted by Gasteiger charge is -2.35. The van der Waals surface area contributed by atoms with Gasteiger partial charge >= 0.3 is 0 Å². The van der Waals surface area contributed by atoms with Gasteiger partial charge in [-0.05, 0) is 120 Å². The van der Waals surface area contributed by atoms with Gasteiger partial charge in [0, 0.05) is 55.1 Å². The van der Waals surface area contributed by atoms with Gasteiger partial charge in [0.25, 0.3) is 0 Å². The highest BCUT2D eigenvalue weighted by Gasteiger charge is 2.26. The molecule has 2 fully saturated rings. The number of likely N-dealkylation sites (tertiary alicyclic amines) is 2. The van der Waals surface area contributed by atoms with Gasteiger partial charge in [-0.1, -0.05) is 12.8 Å². The number of nitrogens with zero attached hydrogens (tertiary/aromatic N) is 10. The molecular formula is C40H49BrN10O2. The third-order valence-corrected chi connectivity index (χ3v) is 10.1. The molecule has 0 amide bonds. The van der Waals surface area contributed by atoms with Crippen LogP contribution in [0.25, 0.3) is 33.8 Å². The van der Waals surface area contributed by atoms with Crippen molar-refractivity contribution in [3.8, 4) is 34.0 Å². The Hall–Kier alpha value is -4.46. The fourth-order valence-electron chi connectivity index (χ4n) is 7.16. The Labute approximate surface area is 319 Å². The molecule has 0 atom stereocenters. The first-order valence-electron chi connectivity index (χ1n) is 18.6. The minimum atomic E-state index is -0.248. The van der Waals surface area contributed by atoms with E-state index < -0.39 is 0 Å². The summed E-state index contributed by atoms with van der Waals surface area (Å²) in [7, 11) is 0. The molecule has 53 heavy (non-hydrogen) atoms. The highest BCUT2D eigenvalue weighted by molar-refractivity contribution is 9.10. The zero-order valence-corrected chi connectivity index (χ0v) is 32.7. The molecule has 278 valence electrons. The number of fused-ring (bicyclic) bond motifs is 2. The van der Waals surface area contributed by atoms with E-state index >= 15 is 0 Å². The summed E-state index contributed by atoms with van der Waals surface area (Å²) < 4.78 is 16.8. The van der Waals surface area contributed by atoms with Crippen LogP contribution in [0.3, 0.4) is 0 Å². The SMILES string of the molecule is CC(C)(CN1CCCCC1)Oc1ccc(-c2cnc3c(Br)cnn3c2)nc1.CC(C)(CN1CCCCC1)Oc1ccc(-c2cnc3ccnn3c2)nc1. The van der Waals surface area contributed by atoms with Crippen LogP contribution in [0.2, 0.25) is 0 Å². The maximum absolute atomic E-state index is 6.23. The lowest BCUT2D eigenvalue weighted by molar-refractivity contribution is 0.0514. The van der Waals surface area contributed by atoms with E-state index in [2.05, 4.69) is 83.6 Å². The molecule has 0 aliphatic carbocycles. The maximum Gasteiger partial charge on any atom is 0.169 e. The van der Waals surface area contributed by atoms with E-state index in [1.54, 1.807) is 33.8 Å². The summed E-state index contributed by atoms with van der Waals surface area (Å²) in [5.74, 6) is 1.58. The Bertz CT molecular complexity index is 2080. The number of ether oxygens (including phenoxy) is 2. The normalized spacial score (nSPS) is 16.0. The number of hydrogen-bond donors (Lipinski definition) is 0. The molecule has 12 nitrogen and oxygen atoms in total. The minimum absolute atomic E-state index is 0.240. The van der Waals surface area contributed by atoms with E-state index in [4.69, 9.17) is 9.47 Å². The molecular weight excluding hydrogens is 732 g/mol. The van der Waals surface area contributed by atoms with Crippen LogP contribution in [0.15, 0.2) is 84.4 Å². The van der Waals surface area contributed by atoms with Crippen molar-refractivity contribution in [3.05, 3.63) is 84.4 Å². The number of piperidine rings is 2. The van der Waals surface area contributed by atoms with Gasteiger partial charge in [0.05, 0.1) is 40.6 Å². The van der Waals surface area contributed by atoms with Crippen LogP contribution in [-0.2, 0) is 0 Å². The second kappa shape index (κ2) is 16.3. The number of aromatic nitrogens is 8. The second-order valence-electron chi connectivity index (χ2n) is 15.2. The maximum atomic E-state index is 6.23. The van der Waals surface area contributed by atoms with Gasteiger partial charge in [0.15, 0.2) is 11.3 Å². The first-order valence-corrected chi connectivity index (χ1v) is 19.4. The largest absolute Gasteiger partial charge is 0.485 e. The number of hydrogen-bond acceptors (Lipinski definition) is 10. The molecule has 0 spiro atoms. The number of rotatable bonds is 10.